The molecule has 0 N–H and O–H groups in total. The SMILES string of the molecule is Br.Br.Br.Br.Br.Br.[Si]. The summed E-state index contributed by atoms with van der Waals surface area (Å²) in [5.74, 6) is 0. The van der Waals surface area contributed by atoms with Crippen LogP contribution in [0, 0.1) is 0 Å². The number of rotatable bonds is 0. The highest BCUT2D eigenvalue weighted by atomic mass is 79.9. The van der Waals surface area contributed by atoms with Gasteiger partial charge in [-0.2, -0.15) is 0 Å². The van der Waals surface area contributed by atoms with Crippen LogP contribution in [-0.4, -0.2) is 11.0 Å². The van der Waals surface area contributed by atoms with Gasteiger partial charge in [0, 0.05) is 11.0 Å². The highest BCUT2D eigenvalue weighted by molar-refractivity contribution is 8.93. The molecule has 7 heteroatoms. The molecule has 0 atom stereocenters. The Morgan fingerprint density at radius 3 is 0.286 bits per heavy atom. The topological polar surface area (TPSA) is 0 Å². The lowest BCUT2D eigenvalue weighted by Gasteiger charge is -0.115. The van der Waals surface area contributed by atoms with Crippen molar-refractivity contribution in [1.29, 1.82) is 0 Å². The van der Waals surface area contributed by atoms with Crippen molar-refractivity contribution in [2.24, 2.45) is 0 Å². The first-order valence-corrected chi connectivity index (χ1v) is 0. The summed E-state index contributed by atoms with van der Waals surface area (Å²) in [5.41, 5.74) is 0. The predicted molar refractivity (Wildman–Crippen MR) is 67.7 cm³/mol. The van der Waals surface area contributed by atoms with E-state index in [2.05, 4.69) is 0 Å². The van der Waals surface area contributed by atoms with Gasteiger partial charge in [-0.15, -0.1) is 102 Å². The predicted octanol–water partition coefficient (Wildman–Crippen LogP) is 3.09. The van der Waals surface area contributed by atoms with Crippen LogP contribution in [0.25, 0.3) is 0 Å². The summed E-state index contributed by atoms with van der Waals surface area (Å²) in [6.45, 7) is 0. The summed E-state index contributed by atoms with van der Waals surface area (Å²) in [5, 5.41) is 0. The minimum Gasteiger partial charge on any atom is -0.114 e. The molecule has 0 unspecified atom stereocenters. The van der Waals surface area contributed by atoms with Crippen molar-refractivity contribution < 1.29 is 0 Å². The van der Waals surface area contributed by atoms with Crippen LogP contribution in [0.1, 0.15) is 0 Å². The third kappa shape index (κ3) is 47.8. The van der Waals surface area contributed by atoms with Crippen LogP contribution >= 0.6 is 102 Å². The molecule has 0 spiro atoms. The van der Waals surface area contributed by atoms with Crippen LogP contribution in [0.5, 0.6) is 0 Å². The maximum Gasteiger partial charge on any atom is 0 e. The lowest BCUT2D eigenvalue weighted by Crippen LogP contribution is -0.381. The maximum atomic E-state index is 0. The van der Waals surface area contributed by atoms with Crippen LogP contribution in [0.2, 0.25) is 0 Å². The molecule has 0 aromatic rings. The first-order valence-electron chi connectivity index (χ1n) is 0. The van der Waals surface area contributed by atoms with Crippen molar-refractivity contribution in [2.45, 2.75) is 0 Å². The van der Waals surface area contributed by atoms with Crippen molar-refractivity contribution >= 4 is 113 Å². The molecule has 0 amide bonds. The zero-order valence-corrected chi connectivity index (χ0v) is 14.2. The second-order valence-electron chi connectivity index (χ2n) is 0. The van der Waals surface area contributed by atoms with Crippen LogP contribution in [0.3, 0.4) is 0 Å². The standard InChI is InChI=1S/6BrH.Si/h6*1H;. The zero-order chi connectivity index (χ0) is 0. The van der Waals surface area contributed by atoms with Crippen LogP contribution in [0.15, 0.2) is 0 Å². The maximum absolute atomic E-state index is 0. The van der Waals surface area contributed by atoms with E-state index < -0.39 is 0 Å². The molecule has 0 aliphatic rings. The summed E-state index contributed by atoms with van der Waals surface area (Å²) in [6, 6.07) is 0. The Kier molecular flexibility index (Phi) is 774. The largest absolute Gasteiger partial charge is 0.114 e. The average Bonchev–Trinajstić information content (AvgIpc) is 0. The molecule has 0 aromatic carbocycles. The summed E-state index contributed by atoms with van der Waals surface area (Å²) in [7, 11) is 0. The van der Waals surface area contributed by atoms with E-state index in [0.717, 1.165) is 0 Å². The first kappa shape index (κ1) is 87.1. The molecular formula is H6Br6Si. The van der Waals surface area contributed by atoms with E-state index in [1.165, 1.54) is 0 Å². The van der Waals surface area contributed by atoms with Gasteiger partial charge in [-0.1, -0.05) is 0 Å². The van der Waals surface area contributed by atoms with E-state index in [4.69, 9.17) is 0 Å². The van der Waals surface area contributed by atoms with E-state index in [-0.39, 0.29) is 113 Å². The molecule has 0 aliphatic heterocycles. The van der Waals surface area contributed by atoms with Crippen molar-refractivity contribution in [3.8, 4) is 0 Å². The molecular weight excluding hydrogens is 508 g/mol. The second-order valence-corrected chi connectivity index (χ2v) is 0. The van der Waals surface area contributed by atoms with Crippen molar-refractivity contribution in [3.05, 3.63) is 0 Å². The Bertz CT molecular complexity index is 4.14. The molecule has 0 bridgehead atoms. The van der Waals surface area contributed by atoms with Gasteiger partial charge < -0.3 is 0 Å². The fraction of sp³-hybridized carbons (Fsp3) is 0. The molecule has 0 heterocycles. The highest BCUT2D eigenvalue weighted by Crippen LogP contribution is 0.851. The van der Waals surface area contributed by atoms with Crippen LogP contribution in [0.4, 0.5) is 0 Å². The van der Waals surface area contributed by atoms with Gasteiger partial charge in [-0.3, -0.25) is 0 Å². The van der Waals surface area contributed by atoms with E-state index in [0.29, 0.717) is 0 Å². The fourth-order valence-corrected chi connectivity index (χ4v) is 0. The minimum absolute atomic E-state index is 0. The Hall–Kier alpha value is 3.10. The minimum atomic E-state index is 0. The Balaban J connectivity index is 0. The quantitative estimate of drug-likeness (QED) is 0.437. The smallest absolute Gasteiger partial charge is 0 e. The van der Waals surface area contributed by atoms with Gasteiger partial charge in [0.1, 0.15) is 0 Å². The van der Waals surface area contributed by atoms with E-state index >= 15 is 0 Å². The molecule has 0 aromatic heterocycles. The third-order valence-corrected chi connectivity index (χ3v) is 0. The van der Waals surface area contributed by atoms with E-state index in [1.807, 2.05) is 0 Å². The molecule has 7 heavy (non-hydrogen) atoms. The fourth-order valence-electron chi connectivity index (χ4n) is 0. The van der Waals surface area contributed by atoms with Gasteiger partial charge >= 0.3 is 0 Å². The van der Waals surface area contributed by atoms with Crippen molar-refractivity contribution in [1.82, 2.24) is 0 Å². The first-order chi connectivity index (χ1) is 0. The third-order valence-electron chi connectivity index (χ3n) is 0. The normalized spacial score (nSPS) is 0. The van der Waals surface area contributed by atoms with Gasteiger partial charge in [0.15, 0.2) is 0 Å². The van der Waals surface area contributed by atoms with Gasteiger partial charge in [-0.05, 0) is 0 Å². The molecule has 52 valence electrons. The van der Waals surface area contributed by atoms with Crippen molar-refractivity contribution in [2.75, 3.05) is 0 Å². The Morgan fingerprint density at radius 2 is 0.286 bits per heavy atom. The van der Waals surface area contributed by atoms with Gasteiger partial charge in [0.25, 0.3) is 0 Å². The summed E-state index contributed by atoms with van der Waals surface area (Å²) < 4.78 is 0. The lowest BCUT2D eigenvalue weighted by atomic mass is 28.1. The zero-order valence-electron chi connectivity index (χ0n) is 2.95. The number of hydrogen-bond acceptors (Lipinski definition) is 0. The molecule has 0 rings (SSSR count). The van der Waals surface area contributed by atoms with Gasteiger partial charge in [0.05, 0.1) is 0 Å². The highest BCUT2D eigenvalue weighted by Gasteiger charge is 0.0000552. The molecule has 0 saturated carbocycles. The van der Waals surface area contributed by atoms with Crippen LogP contribution < -0.4 is 0 Å². The van der Waals surface area contributed by atoms with E-state index in [1.54, 1.807) is 0 Å². The lowest BCUT2D eigenvalue weighted by molar-refractivity contribution is 5.75. The molecule has 0 aliphatic carbocycles. The summed E-state index contributed by atoms with van der Waals surface area (Å²) in [4.78, 5) is 0. The summed E-state index contributed by atoms with van der Waals surface area (Å²) >= 11 is 0. The monoisotopic (exact) mass is 508 g/mol. The van der Waals surface area contributed by atoms with Gasteiger partial charge in [-0.25, -0.2) is 0 Å². The van der Waals surface area contributed by atoms with E-state index in [9.17, 15) is 0 Å². The van der Waals surface area contributed by atoms with Crippen molar-refractivity contribution in [3.63, 3.8) is 0 Å². The number of halogens is 6. The molecule has 0 saturated heterocycles. The second kappa shape index (κ2) is 62.2. The molecule has 4 radical (unpaired) electrons. The average molecular weight is 514 g/mol. The summed E-state index contributed by atoms with van der Waals surface area (Å²) in [6.07, 6.45) is 0. The molecule has 0 nitrogen and oxygen atoms in total. The Morgan fingerprint density at radius 1 is 0.286 bits per heavy atom. The Labute approximate surface area is 111 Å². The molecule has 0 fully saturated rings. The number of hydrogen-bond donors (Lipinski definition) is 0. The van der Waals surface area contributed by atoms with Gasteiger partial charge in [0.2, 0.25) is 0 Å². The van der Waals surface area contributed by atoms with Crippen LogP contribution in [-0.2, 0) is 0 Å².